The molecule has 108 valence electrons. The van der Waals surface area contributed by atoms with Crippen LogP contribution in [-0.2, 0) is 6.54 Å². The molecule has 0 N–H and O–H groups in total. The summed E-state index contributed by atoms with van der Waals surface area (Å²) in [6.07, 6.45) is 2.56. The van der Waals surface area contributed by atoms with Gasteiger partial charge in [0.1, 0.15) is 0 Å². The van der Waals surface area contributed by atoms with Gasteiger partial charge in [-0.1, -0.05) is 17.7 Å². The van der Waals surface area contributed by atoms with Crippen molar-refractivity contribution in [3.8, 4) is 6.07 Å². The second-order valence-corrected chi connectivity index (χ2v) is 6.27. The molecule has 0 radical (unpaired) electrons. The third kappa shape index (κ3) is 4.21. The van der Waals surface area contributed by atoms with Crippen molar-refractivity contribution in [3.63, 3.8) is 0 Å². The maximum absolute atomic E-state index is 8.85. The lowest BCUT2D eigenvalue weighted by atomic mass is 9.96. The Hall–Kier alpha value is -1.08. The van der Waals surface area contributed by atoms with E-state index < -0.39 is 0 Å². The van der Waals surface area contributed by atoms with E-state index in [0.29, 0.717) is 10.6 Å². The van der Waals surface area contributed by atoms with Crippen molar-refractivity contribution in [2.75, 3.05) is 33.7 Å². The van der Waals surface area contributed by atoms with Gasteiger partial charge in [-0.05, 0) is 63.6 Å². The third-order valence-corrected chi connectivity index (χ3v) is 4.38. The number of likely N-dealkylation sites (tertiary alicyclic amines) is 1. The molecule has 0 amide bonds. The smallest absolute Gasteiger partial charge is 0.0992 e. The van der Waals surface area contributed by atoms with Gasteiger partial charge >= 0.3 is 0 Å². The van der Waals surface area contributed by atoms with E-state index in [2.05, 4.69) is 30.0 Å². The molecule has 1 saturated heterocycles. The molecule has 3 nitrogen and oxygen atoms in total. The molecule has 0 aromatic heterocycles. The minimum Gasteiger partial charge on any atom is -0.306 e. The van der Waals surface area contributed by atoms with Crippen LogP contribution in [0.5, 0.6) is 0 Å². The van der Waals surface area contributed by atoms with E-state index in [1.165, 1.54) is 25.9 Å². The number of rotatable bonds is 4. The number of hydrogen-bond donors (Lipinski definition) is 0. The maximum Gasteiger partial charge on any atom is 0.0992 e. The summed E-state index contributed by atoms with van der Waals surface area (Å²) in [4.78, 5) is 4.73. The summed E-state index contributed by atoms with van der Waals surface area (Å²) in [6, 6.07) is 7.67. The molecule has 1 fully saturated rings. The van der Waals surface area contributed by atoms with Crippen LogP contribution in [0.25, 0.3) is 0 Å². The summed E-state index contributed by atoms with van der Waals surface area (Å²) in [5.41, 5.74) is 1.72. The van der Waals surface area contributed by atoms with Crippen molar-refractivity contribution in [2.45, 2.75) is 19.4 Å². The first-order valence-corrected chi connectivity index (χ1v) is 7.52. The molecule has 1 aliphatic heterocycles. The zero-order valence-electron chi connectivity index (χ0n) is 12.3. The van der Waals surface area contributed by atoms with Crippen LogP contribution in [0.3, 0.4) is 0 Å². The highest BCUT2D eigenvalue weighted by atomic mass is 35.5. The van der Waals surface area contributed by atoms with Crippen molar-refractivity contribution < 1.29 is 0 Å². The number of benzene rings is 1. The summed E-state index contributed by atoms with van der Waals surface area (Å²) >= 11 is 6.23. The second-order valence-electron chi connectivity index (χ2n) is 5.86. The minimum absolute atomic E-state index is 0.622. The van der Waals surface area contributed by atoms with E-state index in [-0.39, 0.29) is 0 Å². The van der Waals surface area contributed by atoms with E-state index >= 15 is 0 Å². The van der Waals surface area contributed by atoms with Gasteiger partial charge < -0.3 is 9.80 Å². The lowest BCUT2D eigenvalue weighted by Crippen LogP contribution is -2.35. The van der Waals surface area contributed by atoms with Crippen molar-refractivity contribution in [1.82, 2.24) is 9.80 Å². The number of hydrogen-bond acceptors (Lipinski definition) is 3. The van der Waals surface area contributed by atoms with Crippen LogP contribution in [0.2, 0.25) is 5.02 Å². The molecule has 0 aliphatic carbocycles. The van der Waals surface area contributed by atoms with Gasteiger partial charge in [0.25, 0.3) is 0 Å². The Labute approximate surface area is 126 Å². The van der Waals surface area contributed by atoms with Crippen LogP contribution >= 0.6 is 11.6 Å². The van der Waals surface area contributed by atoms with E-state index in [4.69, 9.17) is 16.9 Å². The Morgan fingerprint density at radius 1 is 1.40 bits per heavy atom. The predicted octanol–water partition coefficient (Wildman–Crippen LogP) is 2.99. The molecule has 0 bridgehead atoms. The first-order chi connectivity index (χ1) is 9.58. The standard InChI is InChI=1S/C16H22ClN3/c1-19-7-5-13(6-8-19)11-20(2)12-15-4-3-14(10-18)9-16(15)17/h3-4,9,13H,5-8,11-12H2,1-2H3. The fourth-order valence-electron chi connectivity index (χ4n) is 2.79. The molecule has 0 saturated carbocycles. The number of nitrogens with zero attached hydrogens (tertiary/aromatic N) is 3. The zero-order valence-corrected chi connectivity index (χ0v) is 13.0. The molecular formula is C16H22ClN3. The van der Waals surface area contributed by atoms with Gasteiger partial charge in [-0.2, -0.15) is 5.26 Å². The van der Waals surface area contributed by atoms with Gasteiger partial charge in [-0.15, -0.1) is 0 Å². The average molecular weight is 292 g/mol. The van der Waals surface area contributed by atoms with Crippen molar-refractivity contribution in [3.05, 3.63) is 34.3 Å². The fourth-order valence-corrected chi connectivity index (χ4v) is 3.03. The second kappa shape index (κ2) is 7.08. The number of halogens is 1. The van der Waals surface area contributed by atoms with Gasteiger partial charge in [0.15, 0.2) is 0 Å². The first kappa shape index (κ1) is 15.3. The van der Waals surface area contributed by atoms with Crippen LogP contribution in [0.4, 0.5) is 0 Å². The Bertz CT molecular complexity index is 487. The molecule has 2 rings (SSSR count). The normalized spacial score (nSPS) is 17.4. The number of piperidine rings is 1. The highest BCUT2D eigenvalue weighted by molar-refractivity contribution is 6.31. The molecule has 0 spiro atoms. The molecule has 4 heteroatoms. The Balaban J connectivity index is 1.88. The topological polar surface area (TPSA) is 30.3 Å². The van der Waals surface area contributed by atoms with Crippen LogP contribution in [0.15, 0.2) is 18.2 Å². The zero-order chi connectivity index (χ0) is 14.5. The van der Waals surface area contributed by atoms with Crippen molar-refractivity contribution in [1.29, 1.82) is 5.26 Å². The van der Waals surface area contributed by atoms with Crippen LogP contribution in [0.1, 0.15) is 24.0 Å². The SMILES string of the molecule is CN1CCC(CN(C)Cc2ccc(C#N)cc2Cl)CC1. The fraction of sp³-hybridized carbons (Fsp3) is 0.562. The van der Waals surface area contributed by atoms with E-state index in [1.807, 2.05) is 12.1 Å². The lowest BCUT2D eigenvalue weighted by Gasteiger charge is -2.31. The maximum atomic E-state index is 8.85. The van der Waals surface area contributed by atoms with Crippen LogP contribution in [-0.4, -0.2) is 43.5 Å². The van der Waals surface area contributed by atoms with Gasteiger partial charge in [-0.3, -0.25) is 0 Å². The van der Waals surface area contributed by atoms with Crippen molar-refractivity contribution in [2.24, 2.45) is 5.92 Å². The molecule has 1 aromatic rings. The summed E-state index contributed by atoms with van der Waals surface area (Å²) < 4.78 is 0. The minimum atomic E-state index is 0.622. The quantitative estimate of drug-likeness (QED) is 0.854. The Morgan fingerprint density at radius 3 is 2.70 bits per heavy atom. The lowest BCUT2D eigenvalue weighted by molar-refractivity contribution is 0.173. The van der Waals surface area contributed by atoms with Gasteiger partial charge in [0, 0.05) is 18.1 Å². The highest BCUT2D eigenvalue weighted by Gasteiger charge is 2.18. The van der Waals surface area contributed by atoms with E-state index in [9.17, 15) is 0 Å². The monoisotopic (exact) mass is 291 g/mol. The molecule has 0 atom stereocenters. The largest absolute Gasteiger partial charge is 0.306 e. The third-order valence-electron chi connectivity index (χ3n) is 4.03. The molecule has 1 heterocycles. The Kier molecular flexibility index (Phi) is 5.42. The van der Waals surface area contributed by atoms with Crippen molar-refractivity contribution >= 4 is 11.6 Å². The summed E-state index contributed by atoms with van der Waals surface area (Å²) in [5.74, 6) is 0.786. The van der Waals surface area contributed by atoms with Crippen LogP contribution < -0.4 is 0 Å². The molecule has 0 unspecified atom stereocenters. The first-order valence-electron chi connectivity index (χ1n) is 7.14. The molecule has 1 aromatic carbocycles. The van der Waals surface area contributed by atoms with E-state index in [0.717, 1.165) is 24.6 Å². The molecule has 1 aliphatic rings. The van der Waals surface area contributed by atoms with Crippen LogP contribution in [0, 0.1) is 17.2 Å². The summed E-state index contributed by atoms with van der Waals surface area (Å²) in [5, 5.41) is 9.54. The summed E-state index contributed by atoms with van der Waals surface area (Å²) in [6.45, 7) is 4.37. The number of nitriles is 1. The van der Waals surface area contributed by atoms with Gasteiger partial charge in [0.05, 0.1) is 11.6 Å². The van der Waals surface area contributed by atoms with Gasteiger partial charge in [-0.25, -0.2) is 0 Å². The summed E-state index contributed by atoms with van der Waals surface area (Å²) in [7, 11) is 4.34. The average Bonchev–Trinajstić information content (AvgIpc) is 2.43. The van der Waals surface area contributed by atoms with E-state index in [1.54, 1.807) is 6.07 Å². The molecular weight excluding hydrogens is 270 g/mol. The Morgan fingerprint density at radius 2 is 2.10 bits per heavy atom. The highest BCUT2D eigenvalue weighted by Crippen LogP contribution is 2.21. The van der Waals surface area contributed by atoms with Gasteiger partial charge in [0.2, 0.25) is 0 Å². The predicted molar refractivity (Wildman–Crippen MR) is 82.7 cm³/mol. The molecule has 20 heavy (non-hydrogen) atoms.